The molecular weight excluding hydrogens is 458 g/mol. The number of anilines is 3. The van der Waals surface area contributed by atoms with E-state index in [1.54, 1.807) is 0 Å². The number of benzene rings is 2. The number of halogens is 4. The summed E-state index contributed by atoms with van der Waals surface area (Å²) in [6.07, 6.45) is -1.92. The molecule has 34 heavy (non-hydrogen) atoms. The molecule has 3 aromatic rings. The van der Waals surface area contributed by atoms with Crippen molar-refractivity contribution in [1.29, 1.82) is 0 Å². The first-order valence-corrected chi connectivity index (χ1v) is 10.0. The maximum Gasteiger partial charge on any atom is 0.419 e. The summed E-state index contributed by atoms with van der Waals surface area (Å²) in [5.41, 5.74) is -1.38. The highest BCUT2D eigenvalue weighted by atomic mass is 19.4. The zero-order valence-electron chi connectivity index (χ0n) is 17.3. The zero-order chi connectivity index (χ0) is 24.3. The van der Waals surface area contributed by atoms with Crippen LogP contribution in [0.3, 0.4) is 0 Å². The average Bonchev–Trinajstić information content (AvgIpc) is 3.62. The van der Waals surface area contributed by atoms with Crippen LogP contribution in [0.15, 0.2) is 54.9 Å². The van der Waals surface area contributed by atoms with Crippen LogP contribution in [-0.2, 0) is 11.0 Å². The predicted octanol–water partition coefficient (Wildman–Crippen LogP) is 5.42. The van der Waals surface area contributed by atoms with Crippen LogP contribution in [0.1, 0.15) is 18.4 Å². The molecule has 1 aliphatic carbocycles. The van der Waals surface area contributed by atoms with E-state index in [9.17, 15) is 27.2 Å². The Morgan fingerprint density at radius 1 is 0.912 bits per heavy atom. The third-order valence-electron chi connectivity index (χ3n) is 4.71. The Morgan fingerprint density at radius 3 is 2.26 bits per heavy atom. The molecule has 1 heterocycles. The van der Waals surface area contributed by atoms with E-state index >= 15 is 0 Å². The maximum atomic E-state index is 13.4. The van der Waals surface area contributed by atoms with Crippen molar-refractivity contribution in [2.45, 2.75) is 19.0 Å². The molecule has 1 fully saturated rings. The minimum absolute atomic E-state index is 0.0197. The van der Waals surface area contributed by atoms with Gasteiger partial charge in [0.1, 0.15) is 23.7 Å². The van der Waals surface area contributed by atoms with Crippen LogP contribution in [0.4, 0.5) is 39.5 Å². The number of nitrogens with one attached hydrogen (secondary N) is 3. The molecule has 1 aliphatic rings. The third-order valence-corrected chi connectivity index (χ3v) is 4.71. The molecule has 0 atom stereocenters. The predicted molar refractivity (Wildman–Crippen MR) is 114 cm³/mol. The fourth-order valence-electron chi connectivity index (χ4n) is 2.88. The summed E-state index contributed by atoms with van der Waals surface area (Å²) in [7, 11) is 0. The number of hydrogen-bond donors (Lipinski definition) is 3. The second-order valence-electron chi connectivity index (χ2n) is 7.40. The number of rotatable bonds is 6. The Balaban J connectivity index is 1.34. The van der Waals surface area contributed by atoms with Gasteiger partial charge in [-0.05, 0) is 55.3 Å². The molecule has 0 radical (unpaired) electrons. The van der Waals surface area contributed by atoms with E-state index in [1.165, 1.54) is 36.7 Å². The van der Waals surface area contributed by atoms with Crippen LogP contribution in [0, 0.1) is 11.7 Å². The number of carbonyl (C=O) groups excluding carboxylic acids is 2. The highest BCUT2D eigenvalue weighted by Gasteiger charge is 2.34. The van der Waals surface area contributed by atoms with Gasteiger partial charge in [-0.2, -0.15) is 13.2 Å². The van der Waals surface area contributed by atoms with Crippen LogP contribution in [0.2, 0.25) is 0 Å². The largest absolute Gasteiger partial charge is 0.439 e. The zero-order valence-corrected chi connectivity index (χ0v) is 17.3. The van der Waals surface area contributed by atoms with Crippen LogP contribution in [-0.4, -0.2) is 21.9 Å². The van der Waals surface area contributed by atoms with Gasteiger partial charge in [-0.3, -0.25) is 4.79 Å². The lowest BCUT2D eigenvalue weighted by molar-refractivity contribution is -0.139. The molecule has 12 heteroatoms. The Hall–Kier alpha value is -4.22. The van der Waals surface area contributed by atoms with Crippen LogP contribution >= 0.6 is 0 Å². The van der Waals surface area contributed by atoms with Crippen molar-refractivity contribution in [2.24, 2.45) is 5.92 Å². The van der Waals surface area contributed by atoms with Gasteiger partial charge in [0.25, 0.3) is 0 Å². The summed E-state index contributed by atoms with van der Waals surface area (Å²) in [6.45, 7) is 0. The van der Waals surface area contributed by atoms with Crippen molar-refractivity contribution < 1.29 is 31.9 Å². The summed E-state index contributed by atoms with van der Waals surface area (Å²) in [6, 6.07) is 8.85. The van der Waals surface area contributed by atoms with Gasteiger partial charge in [0, 0.05) is 23.4 Å². The third kappa shape index (κ3) is 5.97. The molecule has 0 bridgehead atoms. The fourth-order valence-corrected chi connectivity index (χ4v) is 2.88. The molecule has 3 amide bonds. The molecule has 0 unspecified atom stereocenters. The molecule has 176 valence electrons. The van der Waals surface area contributed by atoms with Gasteiger partial charge in [0.05, 0.1) is 5.56 Å². The Labute approximate surface area is 190 Å². The molecule has 8 nitrogen and oxygen atoms in total. The molecular formula is C22H17F4N5O3. The fraction of sp³-hybridized carbons (Fsp3) is 0.182. The number of carbonyl (C=O) groups is 2. The summed E-state index contributed by atoms with van der Waals surface area (Å²) in [5, 5.41) is 7.35. The second kappa shape index (κ2) is 9.33. The van der Waals surface area contributed by atoms with Crippen molar-refractivity contribution in [3.8, 4) is 11.6 Å². The van der Waals surface area contributed by atoms with E-state index in [1.807, 2.05) is 0 Å². The quantitative estimate of drug-likeness (QED) is 0.413. The summed E-state index contributed by atoms with van der Waals surface area (Å²) in [5.74, 6) is -0.643. The summed E-state index contributed by atoms with van der Waals surface area (Å²) in [4.78, 5) is 31.9. The highest BCUT2D eigenvalue weighted by Crippen LogP contribution is 2.33. The second-order valence-corrected chi connectivity index (χ2v) is 7.40. The minimum atomic E-state index is -4.89. The molecule has 0 spiro atoms. The molecule has 1 saturated carbocycles. The maximum absolute atomic E-state index is 13.4. The van der Waals surface area contributed by atoms with Gasteiger partial charge in [0.2, 0.25) is 11.8 Å². The lowest BCUT2D eigenvalue weighted by atomic mass is 10.2. The Kier molecular flexibility index (Phi) is 6.30. The smallest absolute Gasteiger partial charge is 0.419 e. The van der Waals surface area contributed by atoms with E-state index in [-0.39, 0.29) is 23.4 Å². The lowest BCUT2D eigenvalue weighted by Gasteiger charge is -2.12. The topological polar surface area (TPSA) is 105 Å². The molecule has 1 aromatic heterocycles. The minimum Gasteiger partial charge on any atom is -0.439 e. The van der Waals surface area contributed by atoms with Gasteiger partial charge in [0.15, 0.2) is 0 Å². The molecule has 3 N–H and O–H groups in total. The average molecular weight is 475 g/mol. The van der Waals surface area contributed by atoms with Crippen LogP contribution in [0.25, 0.3) is 0 Å². The monoisotopic (exact) mass is 475 g/mol. The van der Waals surface area contributed by atoms with E-state index < -0.39 is 23.6 Å². The van der Waals surface area contributed by atoms with E-state index in [0.29, 0.717) is 29.4 Å². The summed E-state index contributed by atoms with van der Waals surface area (Å²) >= 11 is 0. The number of urea groups is 1. The number of hydrogen-bond acceptors (Lipinski definition) is 5. The van der Waals surface area contributed by atoms with Crippen molar-refractivity contribution in [3.05, 3.63) is 66.2 Å². The standard InChI is InChI=1S/C22H17F4N5O3/c23-17-8-5-14(9-16(17)22(24,25)26)30-21(33)29-13-3-6-15(7-4-13)34-19-10-18(27-11-28-19)31-20(32)12-1-2-12/h3-12H,1-2H2,(H2,29,30,33)(H,27,28,31,32). The first-order chi connectivity index (χ1) is 16.2. The molecule has 2 aromatic carbocycles. The normalized spacial score (nSPS) is 13.2. The van der Waals surface area contributed by atoms with E-state index in [4.69, 9.17) is 4.74 Å². The molecule has 4 rings (SSSR count). The number of ether oxygens (including phenoxy) is 1. The number of amides is 3. The van der Waals surface area contributed by atoms with E-state index in [0.717, 1.165) is 18.9 Å². The summed E-state index contributed by atoms with van der Waals surface area (Å²) < 4.78 is 57.4. The van der Waals surface area contributed by atoms with Crippen LogP contribution in [0.5, 0.6) is 11.6 Å². The van der Waals surface area contributed by atoms with Crippen molar-refractivity contribution >= 4 is 29.1 Å². The van der Waals surface area contributed by atoms with Crippen molar-refractivity contribution in [2.75, 3.05) is 16.0 Å². The number of aromatic nitrogens is 2. The van der Waals surface area contributed by atoms with Gasteiger partial charge in [-0.15, -0.1) is 0 Å². The Morgan fingerprint density at radius 2 is 1.59 bits per heavy atom. The van der Waals surface area contributed by atoms with Crippen molar-refractivity contribution in [3.63, 3.8) is 0 Å². The van der Waals surface area contributed by atoms with Gasteiger partial charge in [-0.25, -0.2) is 19.2 Å². The number of alkyl halides is 3. The molecule has 0 aliphatic heterocycles. The Bertz CT molecular complexity index is 1210. The first-order valence-electron chi connectivity index (χ1n) is 10.0. The SMILES string of the molecule is O=C(Nc1ccc(Oc2cc(NC(=O)C3CC3)ncn2)cc1)Nc1ccc(F)c(C(F)(F)F)c1. The highest BCUT2D eigenvalue weighted by molar-refractivity contribution is 5.99. The van der Waals surface area contributed by atoms with Crippen LogP contribution < -0.4 is 20.7 Å². The van der Waals surface area contributed by atoms with Crippen molar-refractivity contribution in [1.82, 2.24) is 9.97 Å². The van der Waals surface area contributed by atoms with E-state index in [2.05, 4.69) is 25.9 Å². The molecule has 0 saturated heterocycles. The first kappa shape index (κ1) is 23.0. The van der Waals surface area contributed by atoms with Gasteiger partial charge < -0.3 is 20.7 Å². The number of nitrogens with zero attached hydrogens (tertiary/aromatic N) is 2. The lowest BCUT2D eigenvalue weighted by Crippen LogP contribution is -2.20. The van der Waals surface area contributed by atoms with Gasteiger partial charge >= 0.3 is 12.2 Å². The van der Waals surface area contributed by atoms with Gasteiger partial charge in [-0.1, -0.05) is 0 Å².